The summed E-state index contributed by atoms with van der Waals surface area (Å²) in [6.07, 6.45) is 29.8. The highest BCUT2D eigenvalue weighted by atomic mass is 16.7. The van der Waals surface area contributed by atoms with Gasteiger partial charge < -0.3 is 64.2 Å². The first-order valence-electron chi connectivity index (χ1n) is 30.1. The molecule has 0 aromatic rings. The van der Waals surface area contributed by atoms with Crippen molar-refractivity contribution in [3.8, 4) is 0 Å². The van der Waals surface area contributed by atoms with E-state index in [1.165, 1.54) is 186 Å². The maximum absolute atomic E-state index is 13.1. The fourth-order valence-electron chi connectivity index (χ4n) is 9.93. The zero-order valence-electron chi connectivity index (χ0n) is 46.2. The molecule has 7 N–H and O–H groups in total. The Balaban J connectivity index is 1.73. The van der Waals surface area contributed by atoms with Crippen LogP contribution in [-0.2, 0) is 38.0 Å². The monoisotopic (exact) mass is 1050 g/mol. The van der Waals surface area contributed by atoms with E-state index in [1.807, 2.05) is 0 Å². The van der Waals surface area contributed by atoms with Crippen LogP contribution in [0.5, 0.6) is 0 Å². The zero-order chi connectivity index (χ0) is 53.2. The van der Waals surface area contributed by atoms with Crippen molar-refractivity contribution >= 4 is 11.9 Å². The molecular formula is C58H110O15. The summed E-state index contributed by atoms with van der Waals surface area (Å²) in [4.78, 5) is 25.9. The molecule has 15 heteroatoms. The molecule has 2 aliphatic rings. The quantitative estimate of drug-likeness (QED) is 0.0222. The first-order chi connectivity index (χ1) is 35.5. The maximum Gasteiger partial charge on any atom is 0.306 e. The van der Waals surface area contributed by atoms with Gasteiger partial charge in [0, 0.05) is 12.8 Å². The van der Waals surface area contributed by atoms with E-state index in [0.717, 1.165) is 38.5 Å². The lowest BCUT2D eigenvalue weighted by Gasteiger charge is -2.42. The highest BCUT2D eigenvalue weighted by molar-refractivity contribution is 5.70. The number of aliphatic hydroxyl groups excluding tert-OH is 7. The minimum atomic E-state index is -1.76. The Hall–Kier alpha value is -1.50. The molecule has 0 spiro atoms. The van der Waals surface area contributed by atoms with Crippen LogP contribution in [0.1, 0.15) is 264 Å². The molecular weight excluding hydrogens is 937 g/mol. The van der Waals surface area contributed by atoms with E-state index in [4.69, 9.17) is 28.4 Å². The summed E-state index contributed by atoms with van der Waals surface area (Å²) in [5.41, 5.74) is 0. The molecule has 0 saturated carbocycles. The van der Waals surface area contributed by atoms with Crippen LogP contribution >= 0.6 is 0 Å². The van der Waals surface area contributed by atoms with Gasteiger partial charge in [-0.05, 0) is 12.8 Å². The number of esters is 2. The van der Waals surface area contributed by atoms with E-state index >= 15 is 0 Å². The number of aliphatic hydroxyl groups is 7. The van der Waals surface area contributed by atoms with E-state index in [2.05, 4.69) is 13.8 Å². The summed E-state index contributed by atoms with van der Waals surface area (Å²) in [5.74, 6) is -0.902. The predicted molar refractivity (Wildman–Crippen MR) is 285 cm³/mol. The van der Waals surface area contributed by atoms with E-state index in [-0.39, 0.29) is 26.1 Å². The van der Waals surface area contributed by atoms with Gasteiger partial charge in [-0.25, -0.2) is 0 Å². The Morgan fingerprint density at radius 3 is 1.07 bits per heavy atom. The number of ether oxygens (including phenoxy) is 6. The second kappa shape index (κ2) is 45.5. The Morgan fingerprint density at radius 2 is 0.699 bits per heavy atom. The minimum absolute atomic E-state index is 0.174. The minimum Gasteiger partial charge on any atom is -0.462 e. The third-order valence-electron chi connectivity index (χ3n) is 14.8. The summed E-state index contributed by atoms with van der Waals surface area (Å²) in [6.45, 7) is 2.67. The van der Waals surface area contributed by atoms with Crippen LogP contribution in [0.3, 0.4) is 0 Å². The average Bonchev–Trinajstić information content (AvgIpc) is 3.38. The molecule has 2 aliphatic heterocycles. The second-order valence-electron chi connectivity index (χ2n) is 21.5. The fourth-order valence-corrected chi connectivity index (χ4v) is 9.93. The number of hydrogen-bond acceptors (Lipinski definition) is 15. The average molecular weight is 1050 g/mol. The van der Waals surface area contributed by atoms with Gasteiger partial charge in [-0.2, -0.15) is 0 Å². The van der Waals surface area contributed by atoms with Crippen LogP contribution in [0.2, 0.25) is 0 Å². The molecule has 0 aromatic carbocycles. The van der Waals surface area contributed by atoms with Gasteiger partial charge in [-0.3, -0.25) is 9.59 Å². The van der Waals surface area contributed by atoms with Gasteiger partial charge in [0.2, 0.25) is 0 Å². The largest absolute Gasteiger partial charge is 0.462 e. The van der Waals surface area contributed by atoms with Crippen molar-refractivity contribution in [1.29, 1.82) is 0 Å². The van der Waals surface area contributed by atoms with Crippen LogP contribution in [0.4, 0.5) is 0 Å². The summed E-state index contributed by atoms with van der Waals surface area (Å²) >= 11 is 0. The lowest BCUT2D eigenvalue weighted by atomic mass is 9.98. The number of rotatable bonds is 49. The summed E-state index contributed by atoms with van der Waals surface area (Å²) in [5, 5.41) is 72.3. The lowest BCUT2D eigenvalue weighted by molar-refractivity contribution is -0.332. The van der Waals surface area contributed by atoms with Gasteiger partial charge in [0.15, 0.2) is 18.7 Å². The standard InChI is InChI=1S/C58H110O15/c1-3-5-7-9-11-13-15-17-19-21-23-25-27-29-31-33-35-37-39-41-50(61)71-46(43-68-49(60)40-38-36-34-32-30-28-26-24-22-20-18-16-14-12-10-8-6-4-2)44-69-57-56(67)54(65)52(63)48(73-57)45-70-58-55(66)53(64)51(62)47(42-59)72-58/h46-48,51-59,62-67H,3-45H2,1-2H3. The molecule has 0 radical (unpaired) electrons. The summed E-state index contributed by atoms with van der Waals surface area (Å²) in [6, 6.07) is 0. The molecule has 73 heavy (non-hydrogen) atoms. The van der Waals surface area contributed by atoms with Crippen molar-refractivity contribution in [2.24, 2.45) is 0 Å². The Kier molecular flexibility index (Phi) is 42.2. The van der Waals surface area contributed by atoms with Gasteiger partial charge in [-0.15, -0.1) is 0 Å². The van der Waals surface area contributed by atoms with E-state index in [0.29, 0.717) is 12.8 Å². The van der Waals surface area contributed by atoms with Crippen LogP contribution in [0, 0.1) is 0 Å². The van der Waals surface area contributed by atoms with Gasteiger partial charge in [0.25, 0.3) is 0 Å². The van der Waals surface area contributed by atoms with Crippen LogP contribution in [0.15, 0.2) is 0 Å². The first-order valence-corrected chi connectivity index (χ1v) is 30.1. The topological polar surface area (TPSA) is 231 Å². The van der Waals surface area contributed by atoms with Crippen LogP contribution < -0.4 is 0 Å². The first kappa shape index (κ1) is 67.6. The molecule has 0 aromatic heterocycles. The summed E-state index contributed by atoms with van der Waals surface area (Å²) < 4.78 is 33.7. The SMILES string of the molecule is CCCCCCCCCCCCCCCCCCCCCC(=O)OC(COC(=O)CCCCCCCCCCCCCCCCCCCC)COC1OC(COC2OC(CO)C(O)C(O)C2O)C(O)C(O)C1O. The van der Waals surface area contributed by atoms with Crippen molar-refractivity contribution in [3.05, 3.63) is 0 Å². The third kappa shape index (κ3) is 32.8. The Morgan fingerprint density at radius 1 is 0.384 bits per heavy atom. The number of hydrogen-bond donors (Lipinski definition) is 7. The normalized spacial score (nSPS) is 24.7. The second-order valence-corrected chi connectivity index (χ2v) is 21.5. The molecule has 2 heterocycles. The van der Waals surface area contributed by atoms with Gasteiger partial charge in [0.1, 0.15) is 55.4 Å². The molecule has 0 bridgehead atoms. The predicted octanol–water partition coefficient (Wildman–Crippen LogP) is 10.3. The van der Waals surface area contributed by atoms with Gasteiger partial charge >= 0.3 is 11.9 Å². The van der Waals surface area contributed by atoms with Crippen molar-refractivity contribution < 1.29 is 73.8 Å². The molecule has 0 aliphatic carbocycles. The maximum atomic E-state index is 13.1. The molecule has 15 nitrogen and oxygen atoms in total. The van der Waals surface area contributed by atoms with Crippen molar-refractivity contribution in [1.82, 2.24) is 0 Å². The number of carbonyl (C=O) groups is 2. The number of unbranched alkanes of at least 4 members (excludes halogenated alkanes) is 35. The molecule has 432 valence electrons. The zero-order valence-corrected chi connectivity index (χ0v) is 46.2. The van der Waals surface area contributed by atoms with Crippen molar-refractivity contribution in [3.63, 3.8) is 0 Å². The molecule has 0 amide bonds. The highest BCUT2D eigenvalue weighted by Crippen LogP contribution is 2.27. The lowest BCUT2D eigenvalue weighted by Crippen LogP contribution is -2.61. The van der Waals surface area contributed by atoms with Crippen molar-refractivity contribution in [2.45, 2.75) is 332 Å². The molecule has 2 rings (SSSR count). The highest BCUT2D eigenvalue weighted by Gasteiger charge is 2.47. The van der Waals surface area contributed by atoms with Crippen LogP contribution in [0.25, 0.3) is 0 Å². The van der Waals surface area contributed by atoms with Gasteiger partial charge in [0.05, 0.1) is 19.8 Å². The fraction of sp³-hybridized carbons (Fsp3) is 0.966. The molecule has 2 saturated heterocycles. The van der Waals surface area contributed by atoms with E-state index in [9.17, 15) is 45.3 Å². The summed E-state index contributed by atoms with van der Waals surface area (Å²) in [7, 11) is 0. The van der Waals surface area contributed by atoms with Crippen molar-refractivity contribution in [2.75, 3.05) is 26.4 Å². The molecule has 2 fully saturated rings. The molecule has 11 atom stereocenters. The van der Waals surface area contributed by atoms with Crippen LogP contribution in [-0.4, -0.2) is 142 Å². The molecule has 11 unspecified atom stereocenters. The Labute approximate surface area is 442 Å². The van der Waals surface area contributed by atoms with E-state index < -0.39 is 92.7 Å². The van der Waals surface area contributed by atoms with E-state index in [1.54, 1.807) is 0 Å². The smallest absolute Gasteiger partial charge is 0.306 e. The van der Waals surface area contributed by atoms with Gasteiger partial charge in [-0.1, -0.05) is 239 Å². The Bertz CT molecular complexity index is 1280. The third-order valence-corrected chi connectivity index (χ3v) is 14.8. The number of carbonyl (C=O) groups excluding carboxylic acids is 2.